The molecule has 0 fully saturated rings. The average Bonchev–Trinajstić information content (AvgIpc) is 3.03. The Balaban J connectivity index is 2.13. The normalized spacial score (nSPS) is 14.8. The molecule has 0 saturated heterocycles. The summed E-state index contributed by atoms with van der Waals surface area (Å²) in [6.07, 6.45) is -0.964. The number of carbonyl (C=O) groups is 2. The number of benzene rings is 1. The molecule has 1 aromatic rings. The summed E-state index contributed by atoms with van der Waals surface area (Å²) in [5, 5.41) is 0. The van der Waals surface area contributed by atoms with Crippen molar-refractivity contribution in [1.82, 2.24) is 4.90 Å². The third kappa shape index (κ3) is 5.15. The zero-order valence-electron chi connectivity index (χ0n) is 14.6. The molecule has 0 spiro atoms. The lowest BCUT2D eigenvalue weighted by molar-refractivity contribution is -0.138. The Morgan fingerprint density at radius 1 is 1.11 bits per heavy atom. The number of hydrogen-bond donors (Lipinski definition) is 0. The van der Waals surface area contributed by atoms with Gasteiger partial charge in [-0.3, -0.25) is 4.90 Å². The lowest BCUT2D eigenvalue weighted by Gasteiger charge is -2.16. The molecule has 28 heavy (non-hydrogen) atoms. The van der Waals surface area contributed by atoms with Crippen LogP contribution >= 0.6 is 0 Å². The highest BCUT2D eigenvalue weighted by atomic mass is 32.2. The Bertz CT molecular complexity index is 866. The SMILES string of the molecule is CCOC(=O)C1=C(OS(=O)(=O)C(F)(F)F)CN(C(=O)OCc2ccccc2)C1. The summed E-state index contributed by atoms with van der Waals surface area (Å²) in [6.45, 7) is 0.000575. The average molecular weight is 423 g/mol. The van der Waals surface area contributed by atoms with Crippen molar-refractivity contribution < 1.29 is 44.8 Å². The van der Waals surface area contributed by atoms with Gasteiger partial charge >= 0.3 is 27.7 Å². The molecular weight excluding hydrogens is 407 g/mol. The highest BCUT2D eigenvalue weighted by Crippen LogP contribution is 2.30. The number of carbonyl (C=O) groups excluding carboxylic acids is 2. The molecule has 1 aliphatic rings. The van der Waals surface area contributed by atoms with E-state index in [1.165, 1.54) is 6.92 Å². The topological polar surface area (TPSA) is 99.2 Å². The smallest absolute Gasteiger partial charge is 0.462 e. The van der Waals surface area contributed by atoms with Crippen LogP contribution in [0.4, 0.5) is 18.0 Å². The molecule has 0 bridgehead atoms. The molecule has 12 heteroatoms. The lowest BCUT2D eigenvalue weighted by atomic mass is 10.2. The van der Waals surface area contributed by atoms with Crippen molar-refractivity contribution in [1.29, 1.82) is 0 Å². The van der Waals surface area contributed by atoms with E-state index >= 15 is 0 Å². The van der Waals surface area contributed by atoms with E-state index in [0.717, 1.165) is 4.90 Å². The monoisotopic (exact) mass is 423 g/mol. The van der Waals surface area contributed by atoms with Gasteiger partial charge in [-0.05, 0) is 12.5 Å². The van der Waals surface area contributed by atoms with Gasteiger partial charge in [0.25, 0.3) is 0 Å². The Kier molecular flexibility index (Phi) is 6.54. The second kappa shape index (κ2) is 8.50. The highest BCUT2D eigenvalue weighted by Gasteiger charge is 2.50. The number of rotatable bonds is 6. The van der Waals surface area contributed by atoms with Crippen LogP contribution in [0.25, 0.3) is 0 Å². The van der Waals surface area contributed by atoms with Crippen LogP contribution in [0.1, 0.15) is 12.5 Å². The van der Waals surface area contributed by atoms with Gasteiger partial charge < -0.3 is 13.7 Å². The van der Waals surface area contributed by atoms with Gasteiger partial charge in [-0.25, -0.2) is 9.59 Å². The maximum atomic E-state index is 12.6. The quantitative estimate of drug-likeness (QED) is 0.393. The fourth-order valence-corrected chi connectivity index (χ4v) is 2.71. The highest BCUT2D eigenvalue weighted by molar-refractivity contribution is 7.87. The molecule has 0 aromatic heterocycles. The maximum Gasteiger partial charge on any atom is 0.534 e. The molecule has 8 nitrogen and oxygen atoms in total. The Morgan fingerprint density at radius 3 is 2.32 bits per heavy atom. The summed E-state index contributed by atoms with van der Waals surface area (Å²) in [4.78, 5) is 24.9. The largest absolute Gasteiger partial charge is 0.534 e. The minimum Gasteiger partial charge on any atom is -0.462 e. The first-order chi connectivity index (χ1) is 13.0. The first-order valence-electron chi connectivity index (χ1n) is 7.90. The Labute approximate surface area is 158 Å². The van der Waals surface area contributed by atoms with Crippen LogP contribution in [-0.4, -0.2) is 50.6 Å². The van der Waals surface area contributed by atoms with Gasteiger partial charge in [-0.2, -0.15) is 21.6 Å². The van der Waals surface area contributed by atoms with Crippen LogP contribution in [0.3, 0.4) is 0 Å². The van der Waals surface area contributed by atoms with Crippen molar-refractivity contribution in [2.24, 2.45) is 0 Å². The number of halogens is 3. The van der Waals surface area contributed by atoms with Gasteiger partial charge in [-0.1, -0.05) is 30.3 Å². The van der Waals surface area contributed by atoms with Gasteiger partial charge in [0.15, 0.2) is 5.76 Å². The van der Waals surface area contributed by atoms with E-state index in [1.807, 2.05) is 0 Å². The van der Waals surface area contributed by atoms with E-state index < -0.39 is 52.1 Å². The van der Waals surface area contributed by atoms with Crippen molar-refractivity contribution in [3.05, 3.63) is 47.2 Å². The molecule has 1 heterocycles. The standard InChI is InChI=1S/C16H16F3NO7S/c1-2-25-14(21)12-8-20(9-13(12)27-28(23,24)16(17,18)19)15(22)26-10-11-6-4-3-5-7-11/h3-7H,2,8-10H2,1H3. The zero-order chi connectivity index (χ0) is 20.9. The van der Waals surface area contributed by atoms with Gasteiger partial charge in [0, 0.05) is 0 Å². The van der Waals surface area contributed by atoms with E-state index in [2.05, 4.69) is 8.92 Å². The minimum absolute atomic E-state index is 0.111. The number of amides is 1. The fraction of sp³-hybridized carbons (Fsp3) is 0.375. The van der Waals surface area contributed by atoms with Gasteiger partial charge in [-0.15, -0.1) is 0 Å². The van der Waals surface area contributed by atoms with E-state index in [9.17, 15) is 31.2 Å². The fourth-order valence-electron chi connectivity index (χ4n) is 2.20. The summed E-state index contributed by atoms with van der Waals surface area (Å²) in [7, 11) is -6.01. The minimum atomic E-state index is -6.01. The number of nitrogens with zero attached hydrogens (tertiary/aromatic N) is 1. The van der Waals surface area contributed by atoms with Crippen molar-refractivity contribution in [2.75, 3.05) is 19.7 Å². The van der Waals surface area contributed by atoms with Crippen LogP contribution in [-0.2, 0) is 35.2 Å². The van der Waals surface area contributed by atoms with Crippen LogP contribution in [0, 0.1) is 0 Å². The first kappa shape index (κ1) is 21.5. The molecule has 0 N–H and O–H groups in total. The summed E-state index contributed by atoms with van der Waals surface area (Å²) in [6, 6.07) is 8.56. The molecule has 1 aliphatic heterocycles. The number of esters is 1. The van der Waals surface area contributed by atoms with Crippen LogP contribution < -0.4 is 0 Å². The van der Waals surface area contributed by atoms with Crippen molar-refractivity contribution in [3.63, 3.8) is 0 Å². The molecule has 1 aromatic carbocycles. The molecule has 0 saturated carbocycles. The number of alkyl halides is 3. The molecule has 0 aliphatic carbocycles. The zero-order valence-corrected chi connectivity index (χ0v) is 15.4. The lowest BCUT2D eigenvalue weighted by Crippen LogP contribution is -2.31. The summed E-state index contributed by atoms with van der Waals surface area (Å²) in [5.74, 6) is -1.93. The Morgan fingerprint density at radius 2 is 1.75 bits per heavy atom. The van der Waals surface area contributed by atoms with Crippen LogP contribution in [0.15, 0.2) is 41.7 Å². The summed E-state index contributed by atoms with van der Waals surface area (Å²) < 4.78 is 74.0. The third-order valence-corrected chi connectivity index (χ3v) is 4.49. The molecule has 0 atom stereocenters. The third-order valence-electron chi connectivity index (χ3n) is 3.50. The van der Waals surface area contributed by atoms with Crippen molar-refractivity contribution in [3.8, 4) is 0 Å². The van der Waals surface area contributed by atoms with Gasteiger partial charge in [0.2, 0.25) is 0 Å². The second-order valence-electron chi connectivity index (χ2n) is 5.50. The van der Waals surface area contributed by atoms with Gasteiger partial charge in [0.05, 0.1) is 25.3 Å². The second-order valence-corrected chi connectivity index (χ2v) is 7.04. The van der Waals surface area contributed by atoms with Crippen molar-refractivity contribution in [2.45, 2.75) is 19.0 Å². The van der Waals surface area contributed by atoms with E-state index in [0.29, 0.717) is 5.56 Å². The molecule has 0 unspecified atom stereocenters. The molecule has 0 radical (unpaired) electrons. The van der Waals surface area contributed by atoms with Crippen LogP contribution in [0.2, 0.25) is 0 Å². The summed E-state index contributed by atoms with van der Waals surface area (Å²) >= 11 is 0. The van der Waals surface area contributed by atoms with E-state index in [4.69, 9.17) is 4.74 Å². The van der Waals surface area contributed by atoms with Crippen LogP contribution in [0.5, 0.6) is 0 Å². The predicted octanol–water partition coefficient (Wildman–Crippen LogP) is 2.32. The van der Waals surface area contributed by atoms with E-state index in [-0.39, 0.29) is 13.2 Å². The number of ether oxygens (including phenoxy) is 2. The first-order valence-corrected chi connectivity index (χ1v) is 9.31. The van der Waals surface area contributed by atoms with Gasteiger partial charge in [0.1, 0.15) is 6.61 Å². The molecule has 1 amide bonds. The number of hydrogen-bond acceptors (Lipinski definition) is 7. The Hall–Kier alpha value is -2.76. The molecule has 2 rings (SSSR count). The summed E-state index contributed by atoms with van der Waals surface area (Å²) in [5.41, 5.74) is -5.54. The molecular formula is C16H16F3NO7S. The van der Waals surface area contributed by atoms with Crippen molar-refractivity contribution >= 4 is 22.2 Å². The molecule has 154 valence electrons. The van der Waals surface area contributed by atoms with E-state index in [1.54, 1.807) is 30.3 Å². The maximum absolute atomic E-state index is 12.6. The predicted molar refractivity (Wildman–Crippen MR) is 87.9 cm³/mol.